The van der Waals surface area contributed by atoms with E-state index in [1.807, 2.05) is 0 Å². The summed E-state index contributed by atoms with van der Waals surface area (Å²) < 4.78 is 0. The molecule has 0 unspecified atom stereocenters. The van der Waals surface area contributed by atoms with Crippen molar-refractivity contribution in [1.82, 2.24) is 5.32 Å². The molecule has 0 radical (unpaired) electrons. The van der Waals surface area contributed by atoms with Crippen molar-refractivity contribution in [2.24, 2.45) is 5.41 Å². The minimum Gasteiger partial charge on any atom is -0.303 e. The topological polar surface area (TPSA) is 12.0 Å². The van der Waals surface area contributed by atoms with Crippen LogP contribution in [0.2, 0.25) is 0 Å². The SMILES string of the molecule is CC1(C)CCC2(CC1)NCCCS2. The van der Waals surface area contributed by atoms with E-state index >= 15 is 0 Å². The van der Waals surface area contributed by atoms with Crippen molar-refractivity contribution in [3.05, 3.63) is 0 Å². The van der Waals surface area contributed by atoms with Gasteiger partial charge in [-0.15, -0.1) is 11.8 Å². The van der Waals surface area contributed by atoms with E-state index in [1.54, 1.807) is 0 Å². The summed E-state index contributed by atoms with van der Waals surface area (Å²) in [5.41, 5.74) is 0.602. The van der Waals surface area contributed by atoms with Gasteiger partial charge in [0.15, 0.2) is 0 Å². The Morgan fingerprint density at radius 3 is 2.31 bits per heavy atom. The monoisotopic (exact) mass is 199 g/mol. The van der Waals surface area contributed by atoms with Crippen LogP contribution in [0.1, 0.15) is 46.0 Å². The molecule has 1 spiro atoms. The molecular weight excluding hydrogens is 178 g/mol. The molecule has 0 aromatic carbocycles. The summed E-state index contributed by atoms with van der Waals surface area (Å²) in [5, 5.41) is 3.74. The highest BCUT2D eigenvalue weighted by atomic mass is 32.2. The van der Waals surface area contributed by atoms with Gasteiger partial charge in [0, 0.05) is 0 Å². The van der Waals surface area contributed by atoms with E-state index in [4.69, 9.17) is 0 Å². The van der Waals surface area contributed by atoms with Crippen LogP contribution >= 0.6 is 11.8 Å². The van der Waals surface area contributed by atoms with Crippen LogP contribution in [0.5, 0.6) is 0 Å². The molecule has 0 aromatic heterocycles. The number of hydrogen-bond donors (Lipinski definition) is 1. The summed E-state index contributed by atoms with van der Waals surface area (Å²) in [6, 6.07) is 0. The zero-order valence-electron chi connectivity index (χ0n) is 8.86. The molecule has 13 heavy (non-hydrogen) atoms. The lowest BCUT2D eigenvalue weighted by Crippen LogP contribution is -2.49. The van der Waals surface area contributed by atoms with Gasteiger partial charge in [0.25, 0.3) is 0 Å². The smallest absolute Gasteiger partial charge is 0.0645 e. The molecule has 1 N–H and O–H groups in total. The van der Waals surface area contributed by atoms with Crippen molar-refractivity contribution < 1.29 is 0 Å². The molecule has 2 fully saturated rings. The van der Waals surface area contributed by atoms with Crippen molar-refractivity contribution in [3.8, 4) is 0 Å². The maximum absolute atomic E-state index is 3.74. The fourth-order valence-corrected chi connectivity index (χ4v) is 3.73. The molecule has 0 atom stereocenters. The lowest BCUT2D eigenvalue weighted by atomic mass is 9.75. The quantitative estimate of drug-likeness (QED) is 0.643. The zero-order valence-corrected chi connectivity index (χ0v) is 9.67. The highest BCUT2D eigenvalue weighted by Crippen LogP contribution is 2.46. The molecule has 0 bridgehead atoms. The molecular formula is C11H21NS. The highest BCUT2D eigenvalue weighted by Gasteiger charge is 2.39. The highest BCUT2D eigenvalue weighted by molar-refractivity contribution is 8.00. The minimum atomic E-state index is 0.480. The number of rotatable bonds is 0. The third-order valence-corrected chi connectivity index (χ3v) is 5.16. The van der Waals surface area contributed by atoms with Crippen molar-refractivity contribution in [2.75, 3.05) is 12.3 Å². The fourth-order valence-electron chi connectivity index (χ4n) is 2.36. The van der Waals surface area contributed by atoms with E-state index in [0.717, 1.165) is 0 Å². The molecule has 1 heterocycles. The summed E-state index contributed by atoms with van der Waals surface area (Å²) in [5.74, 6) is 1.37. The van der Waals surface area contributed by atoms with Crippen LogP contribution in [-0.4, -0.2) is 17.2 Å². The van der Waals surface area contributed by atoms with Gasteiger partial charge in [-0.2, -0.15) is 0 Å². The Labute approximate surface area is 86.0 Å². The first-order chi connectivity index (χ1) is 6.12. The Morgan fingerprint density at radius 1 is 1.08 bits per heavy atom. The Hall–Kier alpha value is 0.310. The Morgan fingerprint density at radius 2 is 1.77 bits per heavy atom. The summed E-state index contributed by atoms with van der Waals surface area (Å²) >= 11 is 2.18. The number of thioether (sulfide) groups is 1. The molecule has 1 nitrogen and oxygen atoms in total. The third-order valence-electron chi connectivity index (χ3n) is 3.56. The zero-order chi connectivity index (χ0) is 9.36. The van der Waals surface area contributed by atoms with Crippen LogP contribution in [0.4, 0.5) is 0 Å². The van der Waals surface area contributed by atoms with Crippen LogP contribution in [0.15, 0.2) is 0 Å². The molecule has 1 aliphatic carbocycles. The molecule has 1 saturated carbocycles. The van der Waals surface area contributed by atoms with Crippen molar-refractivity contribution in [1.29, 1.82) is 0 Å². The van der Waals surface area contributed by atoms with Gasteiger partial charge < -0.3 is 5.32 Å². The Balaban J connectivity index is 1.95. The van der Waals surface area contributed by atoms with Gasteiger partial charge in [-0.05, 0) is 49.8 Å². The van der Waals surface area contributed by atoms with Crippen LogP contribution in [0, 0.1) is 5.41 Å². The second-order valence-electron chi connectivity index (χ2n) is 5.29. The van der Waals surface area contributed by atoms with Crippen LogP contribution in [0.25, 0.3) is 0 Å². The standard InChI is InChI=1S/C11H21NS/c1-10(2)4-6-11(7-5-10)12-8-3-9-13-11/h12H,3-9H2,1-2H3. The molecule has 0 aromatic rings. The average molecular weight is 199 g/mol. The van der Waals surface area contributed by atoms with Gasteiger partial charge in [0.2, 0.25) is 0 Å². The van der Waals surface area contributed by atoms with Crippen LogP contribution < -0.4 is 5.32 Å². The van der Waals surface area contributed by atoms with Crippen molar-refractivity contribution in [2.45, 2.75) is 50.8 Å². The molecule has 0 amide bonds. The van der Waals surface area contributed by atoms with Gasteiger partial charge in [0.1, 0.15) is 0 Å². The van der Waals surface area contributed by atoms with Gasteiger partial charge in [-0.25, -0.2) is 0 Å². The molecule has 1 aliphatic heterocycles. The fraction of sp³-hybridized carbons (Fsp3) is 1.00. The first kappa shape index (κ1) is 9.85. The average Bonchev–Trinajstić information content (AvgIpc) is 2.13. The molecule has 2 rings (SSSR count). The van der Waals surface area contributed by atoms with Gasteiger partial charge in [0.05, 0.1) is 4.87 Å². The van der Waals surface area contributed by atoms with E-state index in [2.05, 4.69) is 30.9 Å². The van der Waals surface area contributed by atoms with Crippen molar-refractivity contribution >= 4 is 11.8 Å². The van der Waals surface area contributed by atoms with Crippen LogP contribution in [0.3, 0.4) is 0 Å². The predicted molar refractivity (Wildman–Crippen MR) is 60.1 cm³/mol. The lowest BCUT2D eigenvalue weighted by Gasteiger charge is -2.45. The van der Waals surface area contributed by atoms with Gasteiger partial charge in [-0.1, -0.05) is 13.8 Å². The second-order valence-corrected chi connectivity index (χ2v) is 6.77. The predicted octanol–water partition coefficient (Wildman–Crippen LogP) is 3.01. The largest absolute Gasteiger partial charge is 0.303 e. The minimum absolute atomic E-state index is 0.480. The van der Waals surface area contributed by atoms with E-state index < -0.39 is 0 Å². The Kier molecular flexibility index (Phi) is 2.63. The molecule has 2 aliphatic rings. The number of hydrogen-bond acceptors (Lipinski definition) is 2. The van der Waals surface area contributed by atoms with E-state index in [0.29, 0.717) is 10.3 Å². The first-order valence-corrected chi connectivity index (χ1v) is 6.50. The van der Waals surface area contributed by atoms with Crippen LogP contribution in [-0.2, 0) is 0 Å². The summed E-state index contributed by atoms with van der Waals surface area (Å²) in [6.07, 6.45) is 6.91. The van der Waals surface area contributed by atoms with Gasteiger partial charge >= 0.3 is 0 Å². The molecule has 2 heteroatoms. The van der Waals surface area contributed by atoms with E-state index in [1.165, 1.54) is 44.4 Å². The first-order valence-electron chi connectivity index (χ1n) is 5.51. The summed E-state index contributed by atoms with van der Waals surface area (Å²) in [7, 11) is 0. The van der Waals surface area contributed by atoms with Gasteiger partial charge in [-0.3, -0.25) is 0 Å². The molecule has 76 valence electrons. The maximum Gasteiger partial charge on any atom is 0.0645 e. The second kappa shape index (κ2) is 3.47. The maximum atomic E-state index is 3.74. The molecule has 1 saturated heterocycles. The summed E-state index contributed by atoms with van der Waals surface area (Å²) in [4.78, 5) is 0.480. The van der Waals surface area contributed by atoms with E-state index in [9.17, 15) is 0 Å². The lowest BCUT2D eigenvalue weighted by molar-refractivity contribution is 0.188. The number of nitrogens with one attached hydrogen (secondary N) is 1. The van der Waals surface area contributed by atoms with Crippen molar-refractivity contribution in [3.63, 3.8) is 0 Å². The Bertz CT molecular complexity index is 171. The van der Waals surface area contributed by atoms with E-state index in [-0.39, 0.29) is 0 Å². The third kappa shape index (κ3) is 2.21. The summed E-state index contributed by atoms with van der Waals surface area (Å²) in [6.45, 7) is 6.06. The normalized spacial score (nSPS) is 31.8.